The summed E-state index contributed by atoms with van der Waals surface area (Å²) in [5.41, 5.74) is 6.96. The van der Waals surface area contributed by atoms with Crippen LogP contribution in [0.2, 0.25) is 0 Å². The first-order valence-electron chi connectivity index (χ1n) is 6.92. The molecular weight excluding hydrogens is 312 g/mol. The zero-order chi connectivity index (χ0) is 16.2. The molecule has 2 aromatic carbocycles. The van der Waals surface area contributed by atoms with E-state index < -0.39 is 12.0 Å². The molecule has 3 rings (SSSR count). The number of fused-ring (bicyclic) bond motifs is 1. The second kappa shape index (κ2) is 6.50. The number of thiophene rings is 1. The molecule has 0 aliphatic rings. The number of hydrogen-bond acceptors (Lipinski definition) is 4. The fourth-order valence-corrected chi connectivity index (χ4v) is 3.15. The summed E-state index contributed by atoms with van der Waals surface area (Å²) in [4.78, 5) is 22.8. The quantitative estimate of drug-likeness (QED) is 0.716. The smallest absolute Gasteiger partial charge is 0.338 e. The van der Waals surface area contributed by atoms with Crippen molar-refractivity contribution in [1.29, 1.82) is 0 Å². The van der Waals surface area contributed by atoms with E-state index in [0.29, 0.717) is 11.3 Å². The molecule has 0 atom stereocenters. The number of benzene rings is 2. The van der Waals surface area contributed by atoms with E-state index in [1.165, 1.54) is 4.70 Å². The van der Waals surface area contributed by atoms with Gasteiger partial charge in [0.25, 0.3) is 0 Å². The normalized spacial score (nSPS) is 10.4. The second-order valence-electron chi connectivity index (χ2n) is 4.90. The Balaban J connectivity index is 1.66. The lowest BCUT2D eigenvalue weighted by Crippen LogP contribution is -2.19. The van der Waals surface area contributed by atoms with Crippen LogP contribution in [0.1, 0.15) is 15.9 Å². The fraction of sp³-hybridized carbons (Fsp3) is 0.0588. The molecule has 0 radical (unpaired) electrons. The number of nitrogens with two attached hydrogens (primary N) is 1. The van der Waals surface area contributed by atoms with Gasteiger partial charge in [-0.05, 0) is 41.1 Å². The Morgan fingerprint density at radius 1 is 1.09 bits per heavy atom. The summed E-state index contributed by atoms with van der Waals surface area (Å²) >= 11 is 1.63. The molecule has 5 nitrogen and oxygen atoms in total. The van der Waals surface area contributed by atoms with E-state index in [2.05, 4.69) is 5.32 Å². The predicted molar refractivity (Wildman–Crippen MR) is 90.6 cm³/mol. The molecule has 3 aromatic rings. The third-order valence-electron chi connectivity index (χ3n) is 3.31. The van der Waals surface area contributed by atoms with Gasteiger partial charge in [-0.3, -0.25) is 0 Å². The summed E-state index contributed by atoms with van der Waals surface area (Å²) in [7, 11) is 0. The van der Waals surface area contributed by atoms with E-state index >= 15 is 0 Å². The summed E-state index contributed by atoms with van der Waals surface area (Å²) in [6, 6.07) is 13.7. The number of esters is 1. The first-order chi connectivity index (χ1) is 11.1. The summed E-state index contributed by atoms with van der Waals surface area (Å²) in [6.07, 6.45) is 0. The SMILES string of the molecule is NC(=O)Nc1ccc(C(=O)OCc2csc3ccccc23)cc1. The van der Waals surface area contributed by atoms with Crippen molar-refractivity contribution < 1.29 is 14.3 Å². The summed E-state index contributed by atoms with van der Waals surface area (Å²) in [5.74, 6) is -0.411. The third-order valence-corrected chi connectivity index (χ3v) is 4.32. The molecule has 0 aliphatic carbocycles. The average molecular weight is 326 g/mol. The van der Waals surface area contributed by atoms with E-state index in [0.717, 1.165) is 10.9 Å². The standard InChI is InChI=1S/C17H14N2O3S/c18-17(21)19-13-7-5-11(6-8-13)16(20)22-9-12-10-23-15-4-2-1-3-14(12)15/h1-8,10H,9H2,(H3,18,19,21). The molecule has 0 saturated carbocycles. The molecule has 6 heteroatoms. The predicted octanol–water partition coefficient (Wildman–Crippen LogP) is 3.75. The van der Waals surface area contributed by atoms with Crippen LogP contribution in [0.25, 0.3) is 10.1 Å². The molecular formula is C17H14N2O3S. The van der Waals surface area contributed by atoms with E-state index in [1.54, 1.807) is 35.6 Å². The van der Waals surface area contributed by atoms with Crippen LogP contribution in [0, 0.1) is 0 Å². The molecule has 0 bridgehead atoms. The van der Waals surface area contributed by atoms with Gasteiger partial charge in [-0.25, -0.2) is 9.59 Å². The summed E-state index contributed by atoms with van der Waals surface area (Å²) in [6.45, 7) is 0.226. The largest absolute Gasteiger partial charge is 0.457 e. The highest BCUT2D eigenvalue weighted by atomic mass is 32.1. The van der Waals surface area contributed by atoms with E-state index in [1.807, 2.05) is 29.6 Å². The number of carbonyl (C=O) groups excluding carboxylic acids is 2. The third kappa shape index (κ3) is 3.49. The molecule has 23 heavy (non-hydrogen) atoms. The van der Waals surface area contributed by atoms with E-state index in [9.17, 15) is 9.59 Å². The van der Waals surface area contributed by atoms with Crippen molar-refractivity contribution in [1.82, 2.24) is 0 Å². The second-order valence-corrected chi connectivity index (χ2v) is 5.81. The average Bonchev–Trinajstić information content (AvgIpc) is 2.96. The number of nitrogens with one attached hydrogen (secondary N) is 1. The molecule has 0 unspecified atom stereocenters. The lowest BCUT2D eigenvalue weighted by atomic mass is 10.2. The molecule has 3 N–H and O–H groups in total. The minimum atomic E-state index is -0.648. The van der Waals surface area contributed by atoms with E-state index in [4.69, 9.17) is 10.5 Å². The number of amides is 2. The zero-order valence-corrected chi connectivity index (χ0v) is 12.9. The lowest BCUT2D eigenvalue weighted by Gasteiger charge is -2.06. The van der Waals surface area contributed by atoms with Crippen molar-refractivity contribution in [2.75, 3.05) is 5.32 Å². The van der Waals surface area contributed by atoms with Crippen LogP contribution in [-0.4, -0.2) is 12.0 Å². The highest BCUT2D eigenvalue weighted by Crippen LogP contribution is 2.26. The number of primary amides is 1. The lowest BCUT2D eigenvalue weighted by molar-refractivity contribution is 0.0475. The Kier molecular flexibility index (Phi) is 4.25. The van der Waals surface area contributed by atoms with Crippen LogP contribution in [0.5, 0.6) is 0 Å². The van der Waals surface area contributed by atoms with Gasteiger partial charge in [-0.15, -0.1) is 11.3 Å². The van der Waals surface area contributed by atoms with Gasteiger partial charge in [-0.1, -0.05) is 18.2 Å². The summed E-state index contributed by atoms with van der Waals surface area (Å²) in [5, 5.41) is 5.53. The number of urea groups is 1. The van der Waals surface area contributed by atoms with Gasteiger partial charge in [-0.2, -0.15) is 0 Å². The van der Waals surface area contributed by atoms with Crippen molar-refractivity contribution in [2.45, 2.75) is 6.61 Å². The van der Waals surface area contributed by atoms with Crippen LogP contribution in [0.15, 0.2) is 53.9 Å². The number of ether oxygens (including phenoxy) is 1. The highest BCUT2D eigenvalue weighted by molar-refractivity contribution is 7.17. The van der Waals surface area contributed by atoms with Crippen molar-refractivity contribution in [2.24, 2.45) is 5.73 Å². The Bertz CT molecular complexity index is 856. The topological polar surface area (TPSA) is 81.4 Å². The molecule has 0 saturated heterocycles. The maximum Gasteiger partial charge on any atom is 0.338 e. The van der Waals surface area contributed by atoms with Gasteiger partial charge in [0.05, 0.1) is 5.56 Å². The molecule has 0 fully saturated rings. The van der Waals surface area contributed by atoms with Crippen molar-refractivity contribution in [3.63, 3.8) is 0 Å². The minimum absolute atomic E-state index is 0.226. The Hall–Kier alpha value is -2.86. The zero-order valence-electron chi connectivity index (χ0n) is 12.1. The van der Waals surface area contributed by atoms with Gasteiger partial charge < -0.3 is 15.8 Å². The van der Waals surface area contributed by atoms with E-state index in [-0.39, 0.29) is 6.61 Å². The summed E-state index contributed by atoms with van der Waals surface area (Å²) < 4.78 is 6.52. The first-order valence-corrected chi connectivity index (χ1v) is 7.80. The molecule has 116 valence electrons. The van der Waals surface area contributed by atoms with Crippen LogP contribution >= 0.6 is 11.3 Å². The maximum atomic E-state index is 12.1. The minimum Gasteiger partial charge on any atom is -0.457 e. The first kappa shape index (κ1) is 15.1. The van der Waals surface area contributed by atoms with Crippen molar-refractivity contribution in [3.05, 3.63) is 65.0 Å². The number of rotatable bonds is 4. The monoisotopic (exact) mass is 326 g/mol. The van der Waals surface area contributed by atoms with Crippen LogP contribution < -0.4 is 11.1 Å². The maximum absolute atomic E-state index is 12.1. The van der Waals surface area contributed by atoms with Crippen LogP contribution in [-0.2, 0) is 11.3 Å². The fourth-order valence-electron chi connectivity index (χ4n) is 2.20. The molecule has 2 amide bonds. The molecule has 1 aromatic heterocycles. The Labute approximate surface area is 136 Å². The molecule has 1 heterocycles. The van der Waals surface area contributed by atoms with Gasteiger partial charge in [0, 0.05) is 16.0 Å². The van der Waals surface area contributed by atoms with Crippen molar-refractivity contribution in [3.8, 4) is 0 Å². The Morgan fingerprint density at radius 3 is 2.57 bits per heavy atom. The Morgan fingerprint density at radius 2 is 1.83 bits per heavy atom. The highest BCUT2D eigenvalue weighted by Gasteiger charge is 2.10. The van der Waals surface area contributed by atoms with Gasteiger partial charge in [0.15, 0.2) is 0 Å². The molecule has 0 aliphatic heterocycles. The van der Waals surface area contributed by atoms with Gasteiger partial charge in [0.2, 0.25) is 0 Å². The number of carbonyl (C=O) groups is 2. The van der Waals surface area contributed by atoms with Gasteiger partial charge in [0.1, 0.15) is 6.61 Å². The van der Waals surface area contributed by atoms with Crippen LogP contribution in [0.4, 0.5) is 10.5 Å². The number of anilines is 1. The van der Waals surface area contributed by atoms with Gasteiger partial charge >= 0.3 is 12.0 Å². The number of hydrogen-bond donors (Lipinski definition) is 2. The molecule has 0 spiro atoms. The van der Waals surface area contributed by atoms with Crippen molar-refractivity contribution >= 4 is 39.1 Å². The van der Waals surface area contributed by atoms with Crippen LogP contribution in [0.3, 0.4) is 0 Å².